The number of hydrogen-bond acceptors (Lipinski definition) is 4. The van der Waals surface area contributed by atoms with Crippen molar-refractivity contribution in [1.82, 2.24) is 10.6 Å². The lowest BCUT2D eigenvalue weighted by atomic mass is 9.99. The number of nitrogens with one attached hydrogen (secondary N) is 2. The molecule has 2 atom stereocenters. The highest BCUT2D eigenvalue weighted by atomic mass is 16.2. The molecule has 0 radical (unpaired) electrons. The van der Waals surface area contributed by atoms with Gasteiger partial charge in [0.25, 0.3) is 0 Å². The molecular weight excluding hydrogens is 308 g/mol. The predicted molar refractivity (Wildman–Crippen MR) is 90.2 cm³/mol. The van der Waals surface area contributed by atoms with Crippen LogP contribution in [0.4, 0.5) is 0 Å². The van der Waals surface area contributed by atoms with Gasteiger partial charge in [-0.1, -0.05) is 44.2 Å². The van der Waals surface area contributed by atoms with E-state index < -0.39 is 23.8 Å². The molecule has 0 saturated carbocycles. The zero-order valence-corrected chi connectivity index (χ0v) is 14.2. The first-order chi connectivity index (χ1) is 11.3. The van der Waals surface area contributed by atoms with Crippen LogP contribution in [0, 0.1) is 5.92 Å². The second-order valence-electron chi connectivity index (χ2n) is 6.15. The van der Waals surface area contributed by atoms with Gasteiger partial charge >= 0.3 is 0 Å². The van der Waals surface area contributed by atoms with Gasteiger partial charge in [-0.25, -0.2) is 0 Å². The van der Waals surface area contributed by atoms with Gasteiger partial charge in [0, 0.05) is 13.3 Å². The van der Waals surface area contributed by atoms with Gasteiger partial charge in [0.2, 0.25) is 17.6 Å². The summed E-state index contributed by atoms with van der Waals surface area (Å²) in [5.74, 6) is -1.35. The largest absolute Gasteiger partial charge is 0.344 e. The van der Waals surface area contributed by atoms with Crippen molar-refractivity contribution in [1.29, 1.82) is 0 Å². The van der Waals surface area contributed by atoms with Gasteiger partial charge in [-0.2, -0.15) is 0 Å². The summed E-state index contributed by atoms with van der Waals surface area (Å²) in [5.41, 5.74) is 0.883. The van der Waals surface area contributed by atoms with Crippen molar-refractivity contribution in [2.24, 2.45) is 5.92 Å². The maximum Gasteiger partial charge on any atom is 0.243 e. The molecule has 2 amide bonds. The summed E-state index contributed by atoms with van der Waals surface area (Å²) >= 11 is 0. The third kappa shape index (κ3) is 6.73. The summed E-state index contributed by atoms with van der Waals surface area (Å²) in [5, 5.41) is 5.18. The van der Waals surface area contributed by atoms with Crippen LogP contribution in [-0.4, -0.2) is 36.0 Å². The number of hydrogen-bond donors (Lipinski definition) is 2. The first-order valence-corrected chi connectivity index (χ1v) is 7.94. The fourth-order valence-corrected chi connectivity index (χ4v) is 2.38. The molecular formula is C18H24N2O4. The highest BCUT2D eigenvalue weighted by Crippen LogP contribution is 2.08. The maximum absolute atomic E-state index is 12.5. The van der Waals surface area contributed by atoms with Crippen molar-refractivity contribution >= 4 is 23.9 Å². The van der Waals surface area contributed by atoms with Crippen molar-refractivity contribution in [3.8, 4) is 0 Å². The lowest BCUT2D eigenvalue weighted by Gasteiger charge is -2.22. The average molecular weight is 332 g/mol. The monoisotopic (exact) mass is 332 g/mol. The molecule has 0 aromatic heterocycles. The van der Waals surface area contributed by atoms with Gasteiger partial charge in [0.05, 0.1) is 6.04 Å². The molecule has 0 aliphatic rings. The molecule has 6 heteroatoms. The number of carbonyl (C=O) groups excluding carboxylic acids is 4. The van der Waals surface area contributed by atoms with Crippen LogP contribution < -0.4 is 10.6 Å². The van der Waals surface area contributed by atoms with E-state index in [1.807, 2.05) is 44.2 Å². The lowest BCUT2D eigenvalue weighted by Crippen LogP contribution is -2.52. The van der Waals surface area contributed by atoms with E-state index in [1.54, 1.807) is 0 Å². The van der Waals surface area contributed by atoms with Crippen molar-refractivity contribution in [2.45, 2.75) is 45.7 Å². The first kappa shape index (κ1) is 19.5. The quantitative estimate of drug-likeness (QED) is 0.522. The van der Waals surface area contributed by atoms with Crippen molar-refractivity contribution in [3.05, 3.63) is 35.9 Å². The van der Waals surface area contributed by atoms with Crippen molar-refractivity contribution in [2.75, 3.05) is 0 Å². The third-order valence-electron chi connectivity index (χ3n) is 3.46. The summed E-state index contributed by atoms with van der Waals surface area (Å²) in [4.78, 5) is 46.4. The third-order valence-corrected chi connectivity index (χ3v) is 3.46. The fourth-order valence-electron chi connectivity index (χ4n) is 2.38. The van der Waals surface area contributed by atoms with Gasteiger partial charge in [0.1, 0.15) is 6.04 Å². The van der Waals surface area contributed by atoms with E-state index in [2.05, 4.69) is 10.6 Å². The van der Waals surface area contributed by atoms with E-state index >= 15 is 0 Å². The van der Waals surface area contributed by atoms with E-state index in [-0.39, 0.29) is 18.1 Å². The Morgan fingerprint density at radius 1 is 1.04 bits per heavy atom. The molecule has 0 spiro atoms. The highest BCUT2D eigenvalue weighted by Gasteiger charge is 2.26. The Kier molecular flexibility index (Phi) is 7.82. The number of amides is 2. The molecule has 0 fully saturated rings. The summed E-state index contributed by atoms with van der Waals surface area (Å²) in [7, 11) is 0. The van der Waals surface area contributed by atoms with E-state index in [1.165, 1.54) is 6.92 Å². The Morgan fingerprint density at radius 2 is 1.67 bits per heavy atom. The molecule has 0 aliphatic carbocycles. The molecule has 6 nitrogen and oxygen atoms in total. The van der Waals surface area contributed by atoms with Gasteiger partial charge in [-0.15, -0.1) is 0 Å². The summed E-state index contributed by atoms with van der Waals surface area (Å²) in [6.07, 6.45) is 0.884. The molecule has 0 aliphatic heterocycles. The standard InChI is InChI=1S/C18H24N2O4/c1-12(2)9-15(17(23)11-21)20-18(24)16(19-13(3)22)10-14-7-5-4-6-8-14/h4-8,11-12,15-16H,9-10H2,1-3H3,(H,19,22)(H,20,24)/t15-,16-/m0/s1. The minimum atomic E-state index is -0.873. The van der Waals surface area contributed by atoms with Crippen LogP contribution >= 0.6 is 0 Å². The number of ketones is 1. The smallest absolute Gasteiger partial charge is 0.243 e. The Morgan fingerprint density at radius 3 is 2.17 bits per heavy atom. The molecule has 0 bridgehead atoms. The minimum absolute atomic E-state index is 0.132. The van der Waals surface area contributed by atoms with E-state index in [0.29, 0.717) is 12.8 Å². The van der Waals surface area contributed by atoms with Gasteiger partial charge < -0.3 is 10.6 Å². The zero-order chi connectivity index (χ0) is 18.1. The van der Waals surface area contributed by atoms with Crippen molar-refractivity contribution < 1.29 is 19.2 Å². The molecule has 1 aromatic carbocycles. The molecule has 0 saturated heterocycles. The highest BCUT2D eigenvalue weighted by molar-refractivity contribution is 6.28. The van der Waals surface area contributed by atoms with Crippen LogP contribution in [0.25, 0.3) is 0 Å². The van der Waals surface area contributed by atoms with Crippen LogP contribution in [0.15, 0.2) is 30.3 Å². The van der Waals surface area contributed by atoms with Crippen LogP contribution in [-0.2, 0) is 25.6 Å². The van der Waals surface area contributed by atoms with E-state index in [4.69, 9.17) is 0 Å². The number of rotatable bonds is 9. The van der Waals surface area contributed by atoms with Crippen LogP contribution in [0.2, 0.25) is 0 Å². The second-order valence-corrected chi connectivity index (χ2v) is 6.15. The van der Waals surface area contributed by atoms with Gasteiger partial charge in [-0.3, -0.25) is 19.2 Å². The zero-order valence-electron chi connectivity index (χ0n) is 14.2. The minimum Gasteiger partial charge on any atom is -0.344 e. The topological polar surface area (TPSA) is 92.3 Å². The molecule has 1 aromatic rings. The number of benzene rings is 1. The van der Waals surface area contributed by atoms with Crippen molar-refractivity contribution in [3.63, 3.8) is 0 Å². The Bertz CT molecular complexity index is 584. The predicted octanol–water partition coefficient (Wildman–Crippen LogP) is 1.03. The van der Waals surface area contributed by atoms with Crippen LogP contribution in [0.5, 0.6) is 0 Å². The normalized spacial score (nSPS) is 13.0. The fraction of sp³-hybridized carbons (Fsp3) is 0.444. The van der Waals surface area contributed by atoms with Crippen LogP contribution in [0.1, 0.15) is 32.8 Å². The number of carbonyl (C=O) groups is 4. The average Bonchev–Trinajstić information content (AvgIpc) is 2.53. The Hall–Kier alpha value is -2.50. The summed E-state index contributed by atoms with van der Waals surface area (Å²) in [6, 6.07) is 7.57. The summed E-state index contributed by atoms with van der Waals surface area (Å²) < 4.78 is 0. The molecule has 0 unspecified atom stereocenters. The SMILES string of the molecule is CC(=O)N[C@@H](Cc1ccccc1)C(=O)N[C@@H](CC(C)C)C(=O)C=O. The molecule has 2 N–H and O–H groups in total. The second kappa shape index (κ2) is 9.60. The lowest BCUT2D eigenvalue weighted by molar-refractivity contribution is -0.134. The summed E-state index contributed by atoms with van der Waals surface area (Å²) in [6.45, 7) is 5.12. The molecule has 130 valence electrons. The maximum atomic E-state index is 12.5. The van der Waals surface area contributed by atoms with Gasteiger partial charge in [0.15, 0.2) is 6.29 Å². The van der Waals surface area contributed by atoms with E-state index in [9.17, 15) is 19.2 Å². The molecule has 1 rings (SSSR count). The van der Waals surface area contributed by atoms with E-state index in [0.717, 1.165) is 5.56 Å². The molecule has 24 heavy (non-hydrogen) atoms. The van der Waals surface area contributed by atoms with Gasteiger partial charge in [-0.05, 0) is 17.9 Å². The molecule has 0 heterocycles. The Labute approximate surface area is 142 Å². The van der Waals surface area contributed by atoms with Crippen LogP contribution in [0.3, 0.4) is 0 Å². The first-order valence-electron chi connectivity index (χ1n) is 7.94. The number of Topliss-reactive ketones (excluding diaryl/α,β-unsaturated/α-hetero) is 1. The Balaban J connectivity index is 2.87. The number of aldehydes is 1.